The van der Waals surface area contributed by atoms with Crippen molar-refractivity contribution in [1.29, 1.82) is 0 Å². The summed E-state index contributed by atoms with van der Waals surface area (Å²) in [5, 5.41) is 10.7. The summed E-state index contributed by atoms with van der Waals surface area (Å²) in [5.74, 6) is -0.917. The molecule has 108 valence electrons. The fraction of sp³-hybridized carbons (Fsp3) is 0.143. The average molecular weight is 290 g/mol. The van der Waals surface area contributed by atoms with Crippen LogP contribution < -0.4 is 5.56 Å². The number of ketones is 1. The molecule has 1 aromatic heterocycles. The van der Waals surface area contributed by atoms with Gasteiger partial charge in [-0.05, 0) is 17.7 Å². The van der Waals surface area contributed by atoms with Crippen molar-refractivity contribution in [3.05, 3.63) is 74.4 Å². The normalized spacial score (nSPS) is 10.3. The van der Waals surface area contributed by atoms with Gasteiger partial charge in [0, 0.05) is 18.7 Å². The smallest absolute Gasteiger partial charge is 0.302 e. The standard InChI is InChI=1S/C14H11FN2O4/c15-12-5-2-1-4-10(12)8-11(18)9-16-7-3-6-13(14(16)19)17(20)21/h1-7H,8-9H2. The van der Waals surface area contributed by atoms with E-state index >= 15 is 0 Å². The van der Waals surface area contributed by atoms with Gasteiger partial charge in [-0.2, -0.15) is 0 Å². The molecule has 7 heteroatoms. The Labute approximate surface area is 118 Å². The molecular weight excluding hydrogens is 279 g/mol. The minimum Gasteiger partial charge on any atom is -0.302 e. The van der Waals surface area contributed by atoms with E-state index in [1.165, 1.54) is 30.5 Å². The number of aromatic nitrogens is 1. The number of rotatable bonds is 5. The van der Waals surface area contributed by atoms with Crippen molar-refractivity contribution in [1.82, 2.24) is 4.57 Å². The van der Waals surface area contributed by atoms with Crippen molar-refractivity contribution >= 4 is 11.5 Å². The van der Waals surface area contributed by atoms with Crippen LogP contribution in [0.15, 0.2) is 47.4 Å². The first-order valence-electron chi connectivity index (χ1n) is 6.08. The molecule has 0 saturated heterocycles. The van der Waals surface area contributed by atoms with E-state index in [0.717, 1.165) is 10.6 Å². The van der Waals surface area contributed by atoms with Crippen LogP contribution in [0.3, 0.4) is 0 Å². The second-order valence-electron chi connectivity index (χ2n) is 4.39. The van der Waals surface area contributed by atoms with E-state index in [9.17, 15) is 24.1 Å². The third kappa shape index (κ3) is 3.38. The fourth-order valence-electron chi connectivity index (χ4n) is 1.89. The first kappa shape index (κ1) is 14.6. The van der Waals surface area contributed by atoms with Crippen LogP contribution in [0.5, 0.6) is 0 Å². The lowest BCUT2D eigenvalue weighted by molar-refractivity contribution is -0.386. The van der Waals surface area contributed by atoms with Crippen LogP contribution in [0.25, 0.3) is 0 Å². The maximum Gasteiger partial charge on any atom is 0.334 e. The summed E-state index contributed by atoms with van der Waals surface area (Å²) in [4.78, 5) is 33.5. The summed E-state index contributed by atoms with van der Waals surface area (Å²) in [6.07, 6.45) is 1.11. The molecule has 0 bridgehead atoms. The minimum absolute atomic E-state index is 0.179. The largest absolute Gasteiger partial charge is 0.334 e. The van der Waals surface area contributed by atoms with Crippen molar-refractivity contribution in [2.24, 2.45) is 0 Å². The van der Waals surface area contributed by atoms with Gasteiger partial charge in [0.05, 0.1) is 11.5 Å². The Morgan fingerprint density at radius 2 is 1.95 bits per heavy atom. The molecule has 6 nitrogen and oxygen atoms in total. The summed E-state index contributed by atoms with van der Waals surface area (Å²) in [7, 11) is 0. The summed E-state index contributed by atoms with van der Waals surface area (Å²) < 4.78 is 14.4. The third-order valence-corrected chi connectivity index (χ3v) is 2.89. The molecule has 0 N–H and O–H groups in total. The maximum atomic E-state index is 13.4. The van der Waals surface area contributed by atoms with Gasteiger partial charge in [0.15, 0.2) is 5.78 Å². The van der Waals surface area contributed by atoms with Gasteiger partial charge in [0.25, 0.3) is 0 Å². The lowest BCUT2D eigenvalue weighted by Crippen LogP contribution is -2.26. The van der Waals surface area contributed by atoms with Gasteiger partial charge in [-0.15, -0.1) is 0 Å². The summed E-state index contributed by atoms with van der Waals surface area (Å²) >= 11 is 0. The Morgan fingerprint density at radius 3 is 2.62 bits per heavy atom. The number of benzene rings is 1. The van der Waals surface area contributed by atoms with Crippen molar-refractivity contribution < 1.29 is 14.1 Å². The number of pyridine rings is 1. The highest BCUT2D eigenvalue weighted by atomic mass is 19.1. The molecule has 2 aromatic rings. The van der Waals surface area contributed by atoms with E-state index in [1.807, 2.05) is 0 Å². The van der Waals surface area contributed by atoms with E-state index in [4.69, 9.17) is 0 Å². The van der Waals surface area contributed by atoms with E-state index in [-0.39, 0.29) is 18.5 Å². The number of nitrogens with zero attached hydrogens (tertiary/aromatic N) is 2. The van der Waals surface area contributed by atoms with Gasteiger partial charge < -0.3 is 4.57 Å². The monoisotopic (exact) mass is 290 g/mol. The highest BCUT2D eigenvalue weighted by Gasteiger charge is 2.15. The van der Waals surface area contributed by atoms with Crippen molar-refractivity contribution in [2.75, 3.05) is 0 Å². The Hall–Kier alpha value is -2.83. The second kappa shape index (κ2) is 6.08. The zero-order valence-electron chi connectivity index (χ0n) is 10.9. The minimum atomic E-state index is -0.857. The number of carbonyl (C=O) groups is 1. The highest BCUT2D eigenvalue weighted by Crippen LogP contribution is 2.08. The lowest BCUT2D eigenvalue weighted by atomic mass is 10.1. The van der Waals surface area contributed by atoms with Crippen molar-refractivity contribution in [2.45, 2.75) is 13.0 Å². The van der Waals surface area contributed by atoms with Crippen LogP contribution in [0.2, 0.25) is 0 Å². The molecule has 0 unspecified atom stereocenters. The number of nitro groups is 1. The molecule has 0 aliphatic heterocycles. The Morgan fingerprint density at radius 1 is 1.24 bits per heavy atom. The molecule has 1 heterocycles. The van der Waals surface area contributed by atoms with Crippen LogP contribution in [-0.4, -0.2) is 15.3 Å². The predicted octanol–water partition coefficient (Wildman–Crippen LogP) is 1.71. The number of Topliss-reactive ketones (excluding diaryl/α,β-unsaturated/α-hetero) is 1. The molecule has 1 aromatic carbocycles. The highest BCUT2D eigenvalue weighted by molar-refractivity contribution is 5.80. The first-order valence-corrected chi connectivity index (χ1v) is 6.08. The van der Waals surface area contributed by atoms with Crippen LogP contribution in [-0.2, 0) is 17.8 Å². The predicted molar refractivity (Wildman–Crippen MR) is 72.5 cm³/mol. The molecule has 0 radical (unpaired) electrons. The molecule has 0 amide bonds. The number of halogens is 1. The van der Waals surface area contributed by atoms with E-state index < -0.39 is 27.8 Å². The molecule has 0 aliphatic carbocycles. The van der Waals surface area contributed by atoms with Gasteiger partial charge in [-0.1, -0.05) is 18.2 Å². The van der Waals surface area contributed by atoms with Gasteiger partial charge in [0.1, 0.15) is 5.82 Å². The molecule has 0 aliphatic rings. The lowest BCUT2D eigenvalue weighted by Gasteiger charge is -2.05. The fourth-order valence-corrected chi connectivity index (χ4v) is 1.89. The van der Waals surface area contributed by atoms with Gasteiger partial charge >= 0.3 is 11.2 Å². The molecule has 0 spiro atoms. The number of hydrogen-bond donors (Lipinski definition) is 0. The van der Waals surface area contributed by atoms with Gasteiger partial charge in [-0.25, -0.2) is 4.39 Å². The Bertz CT molecular complexity index is 755. The van der Waals surface area contributed by atoms with Crippen LogP contribution in [0.4, 0.5) is 10.1 Å². The van der Waals surface area contributed by atoms with Crippen LogP contribution >= 0.6 is 0 Å². The zero-order valence-corrected chi connectivity index (χ0v) is 10.9. The van der Waals surface area contributed by atoms with Gasteiger partial charge in [0.2, 0.25) is 0 Å². The van der Waals surface area contributed by atoms with Crippen molar-refractivity contribution in [3.8, 4) is 0 Å². The van der Waals surface area contributed by atoms with Crippen LogP contribution in [0, 0.1) is 15.9 Å². The summed E-state index contributed by atoms with van der Waals surface area (Å²) in [6.45, 7) is -0.338. The summed E-state index contributed by atoms with van der Waals surface area (Å²) in [5.41, 5.74) is -1.23. The second-order valence-corrected chi connectivity index (χ2v) is 4.39. The topological polar surface area (TPSA) is 82.2 Å². The Balaban J connectivity index is 2.18. The van der Waals surface area contributed by atoms with E-state index in [1.54, 1.807) is 6.07 Å². The van der Waals surface area contributed by atoms with E-state index in [0.29, 0.717) is 0 Å². The quantitative estimate of drug-likeness (QED) is 0.620. The maximum absolute atomic E-state index is 13.4. The Kier molecular flexibility index (Phi) is 4.22. The molecule has 2 rings (SSSR count). The van der Waals surface area contributed by atoms with Crippen LogP contribution in [0.1, 0.15) is 5.56 Å². The summed E-state index contributed by atoms with van der Waals surface area (Å²) in [6, 6.07) is 8.21. The first-order chi connectivity index (χ1) is 9.99. The third-order valence-electron chi connectivity index (χ3n) is 2.89. The van der Waals surface area contributed by atoms with Crippen molar-refractivity contribution in [3.63, 3.8) is 0 Å². The molecule has 0 saturated carbocycles. The molecule has 0 fully saturated rings. The average Bonchev–Trinajstić information content (AvgIpc) is 2.43. The number of carbonyl (C=O) groups excluding carboxylic acids is 1. The molecule has 0 atom stereocenters. The molecule has 21 heavy (non-hydrogen) atoms. The van der Waals surface area contributed by atoms with Gasteiger partial charge in [-0.3, -0.25) is 19.7 Å². The van der Waals surface area contributed by atoms with E-state index in [2.05, 4.69) is 0 Å². The number of hydrogen-bond acceptors (Lipinski definition) is 4. The SMILES string of the molecule is O=C(Cc1ccccc1F)Cn1cccc([N+](=O)[O-])c1=O. The molecular formula is C14H11FN2O4. The zero-order chi connectivity index (χ0) is 15.4.